The van der Waals surface area contributed by atoms with Gasteiger partial charge in [0.25, 0.3) is 5.91 Å². The van der Waals surface area contributed by atoms with Crippen molar-refractivity contribution >= 4 is 5.91 Å². The summed E-state index contributed by atoms with van der Waals surface area (Å²) in [5.74, 6) is 1.28. The molecule has 5 rings (SSSR count). The number of carbonyl (C=O) groups is 1. The van der Waals surface area contributed by atoms with Gasteiger partial charge in [-0.15, -0.1) is 0 Å². The van der Waals surface area contributed by atoms with E-state index in [1.165, 1.54) is 5.56 Å². The van der Waals surface area contributed by atoms with Gasteiger partial charge in [-0.05, 0) is 50.6 Å². The Kier molecular flexibility index (Phi) is 6.02. The first kappa shape index (κ1) is 22.1. The molecule has 2 aromatic carbocycles. The van der Waals surface area contributed by atoms with E-state index < -0.39 is 0 Å². The molecule has 1 amide bonds. The molecule has 34 heavy (non-hydrogen) atoms. The second-order valence-electron chi connectivity index (χ2n) is 8.92. The Bertz CT molecular complexity index is 1270. The third kappa shape index (κ3) is 4.39. The second-order valence-corrected chi connectivity index (χ2v) is 8.92. The molecular weight excluding hydrogens is 426 g/mol. The Morgan fingerprint density at radius 2 is 1.68 bits per heavy atom. The van der Waals surface area contributed by atoms with Crippen molar-refractivity contribution in [2.45, 2.75) is 26.8 Å². The maximum atomic E-state index is 13.2. The summed E-state index contributed by atoms with van der Waals surface area (Å²) in [4.78, 5) is 22.1. The largest absolute Gasteiger partial charge is 0.337 e. The second kappa shape index (κ2) is 9.27. The number of piperazine rings is 1. The lowest BCUT2D eigenvalue weighted by Gasteiger charge is -2.36. The molecule has 1 saturated heterocycles. The van der Waals surface area contributed by atoms with Crippen molar-refractivity contribution in [2.24, 2.45) is 0 Å². The fourth-order valence-electron chi connectivity index (χ4n) is 4.39. The number of amides is 1. The van der Waals surface area contributed by atoms with Crippen LogP contribution in [0.1, 0.15) is 40.3 Å². The maximum absolute atomic E-state index is 13.2. The van der Waals surface area contributed by atoms with E-state index >= 15 is 0 Å². The van der Waals surface area contributed by atoms with Crippen molar-refractivity contribution in [3.63, 3.8) is 0 Å². The zero-order chi connectivity index (χ0) is 23.7. The Morgan fingerprint density at radius 1 is 0.971 bits per heavy atom. The van der Waals surface area contributed by atoms with Crippen LogP contribution in [-0.2, 0) is 0 Å². The number of aryl methyl sites for hydroxylation is 2. The SMILES string of the molecule is Cc1ccc(-c2noc(C(C)N3CCN(C(=O)c4ccc(C)c(-n5cccc5)c4)CC3)n2)cc1. The molecule has 0 spiro atoms. The summed E-state index contributed by atoms with van der Waals surface area (Å²) in [5.41, 5.74) is 5.02. The average Bonchev–Trinajstić information content (AvgIpc) is 3.57. The van der Waals surface area contributed by atoms with E-state index in [1.807, 2.05) is 76.5 Å². The topological polar surface area (TPSA) is 67.4 Å². The number of nitrogens with zero attached hydrogens (tertiary/aromatic N) is 5. The Labute approximate surface area is 199 Å². The number of benzene rings is 2. The van der Waals surface area contributed by atoms with Crippen molar-refractivity contribution in [1.29, 1.82) is 0 Å². The molecule has 4 aromatic rings. The molecule has 174 valence electrons. The number of carbonyl (C=O) groups excluding carboxylic acids is 1. The number of hydrogen-bond donors (Lipinski definition) is 0. The van der Waals surface area contributed by atoms with Gasteiger partial charge in [-0.1, -0.05) is 41.1 Å². The molecule has 0 aliphatic carbocycles. The highest BCUT2D eigenvalue weighted by atomic mass is 16.5. The zero-order valence-electron chi connectivity index (χ0n) is 19.8. The third-order valence-electron chi connectivity index (χ3n) is 6.60. The number of hydrogen-bond acceptors (Lipinski definition) is 5. The van der Waals surface area contributed by atoms with E-state index in [0.717, 1.165) is 35.5 Å². The van der Waals surface area contributed by atoms with Crippen molar-refractivity contribution in [3.8, 4) is 17.1 Å². The minimum Gasteiger partial charge on any atom is -0.337 e. The van der Waals surface area contributed by atoms with Gasteiger partial charge in [0.2, 0.25) is 11.7 Å². The molecule has 0 saturated carbocycles. The third-order valence-corrected chi connectivity index (χ3v) is 6.60. The summed E-state index contributed by atoms with van der Waals surface area (Å²) in [7, 11) is 0. The standard InChI is InChI=1S/C27H29N5O2/c1-19-6-9-22(10-7-19)25-28-26(34-29-25)21(3)30-14-16-32(17-15-30)27(33)23-11-8-20(2)24(18-23)31-12-4-5-13-31/h4-13,18,21H,14-17H2,1-3H3. The van der Waals surface area contributed by atoms with Gasteiger partial charge in [0, 0.05) is 55.4 Å². The molecule has 7 heteroatoms. The molecule has 0 bridgehead atoms. The predicted molar refractivity (Wildman–Crippen MR) is 131 cm³/mol. The molecule has 1 fully saturated rings. The molecule has 3 heterocycles. The van der Waals surface area contributed by atoms with Crippen molar-refractivity contribution < 1.29 is 9.32 Å². The van der Waals surface area contributed by atoms with Gasteiger partial charge < -0.3 is 14.0 Å². The van der Waals surface area contributed by atoms with Crippen LogP contribution in [0.15, 0.2) is 71.5 Å². The van der Waals surface area contributed by atoms with Crippen molar-refractivity contribution in [1.82, 2.24) is 24.5 Å². The van der Waals surface area contributed by atoms with Gasteiger partial charge in [-0.2, -0.15) is 4.98 Å². The van der Waals surface area contributed by atoms with Crippen LogP contribution in [-0.4, -0.2) is 56.6 Å². The molecule has 7 nitrogen and oxygen atoms in total. The van der Waals surface area contributed by atoms with Crippen LogP contribution >= 0.6 is 0 Å². The molecule has 1 aliphatic rings. The van der Waals surface area contributed by atoms with E-state index in [2.05, 4.69) is 35.8 Å². The fraction of sp³-hybridized carbons (Fsp3) is 0.296. The van der Waals surface area contributed by atoms with Crippen LogP contribution in [0.5, 0.6) is 0 Å². The van der Waals surface area contributed by atoms with Gasteiger partial charge in [0.1, 0.15) is 0 Å². The first-order valence-corrected chi connectivity index (χ1v) is 11.7. The first-order valence-electron chi connectivity index (χ1n) is 11.7. The van der Waals surface area contributed by atoms with Crippen LogP contribution in [0.2, 0.25) is 0 Å². The summed E-state index contributed by atoms with van der Waals surface area (Å²) < 4.78 is 7.62. The summed E-state index contributed by atoms with van der Waals surface area (Å²) in [5, 5.41) is 4.17. The van der Waals surface area contributed by atoms with Crippen LogP contribution < -0.4 is 0 Å². The highest BCUT2D eigenvalue weighted by Crippen LogP contribution is 2.25. The van der Waals surface area contributed by atoms with Crippen LogP contribution in [0, 0.1) is 13.8 Å². The van der Waals surface area contributed by atoms with E-state index in [4.69, 9.17) is 4.52 Å². The zero-order valence-corrected chi connectivity index (χ0v) is 19.8. The molecule has 0 N–H and O–H groups in total. The number of rotatable bonds is 5. The normalized spacial score (nSPS) is 15.4. The minimum atomic E-state index is -0.0105. The Morgan fingerprint density at radius 3 is 2.38 bits per heavy atom. The van der Waals surface area contributed by atoms with Gasteiger partial charge in [-0.3, -0.25) is 9.69 Å². The van der Waals surface area contributed by atoms with Gasteiger partial charge >= 0.3 is 0 Å². The van der Waals surface area contributed by atoms with Crippen LogP contribution in [0.25, 0.3) is 17.1 Å². The minimum absolute atomic E-state index is 0.0105. The molecular formula is C27H29N5O2. The molecule has 0 radical (unpaired) electrons. The highest BCUT2D eigenvalue weighted by Gasteiger charge is 2.28. The van der Waals surface area contributed by atoms with Gasteiger partial charge in [-0.25, -0.2) is 0 Å². The molecule has 2 aromatic heterocycles. The van der Waals surface area contributed by atoms with Crippen molar-refractivity contribution in [3.05, 3.63) is 89.6 Å². The highest BCUT2D eigenvalue weighted by molar-refractivity contribution is 5.95. The lowest BCUT2D eigenvalue weighted by Crippen LogP contribution is -2.49. The molecule has 1 unspecified atom stereocenters. The van der Waals surface area contributed by atoms with Crippen molar-refractivity contribution in [2.75, 3.05) is 26.2 Å². The Balaban J connectivity index is 1.23. The van der Waals surface area contributed by atoms with E-state index in [0.29, 0.717) is 24.8 Å². The lowest BCUT2D eigenvalue weighted by atomic mass is 10.1. The predicted octanol–water partition coefficient (Wildman–Crippen LogP) is 4.66. The van der Waals surface area contributed by atoms with E-state index in [9.17, 15) is 4.79 Å². The quantitative estimate of drug-likeness (QED) is 0.438. The smallest absolute Gasteiger partial charge is 0.254 e. The summed E-state index contributed by atoms with van der Waals surface area (Å²) in [6.07, 6.45) is 4.00. The molecule has 1 atom stereocenters. The monoisotopic (exact) mass is 455 g/mol. The summed E-state index contributed by atoms with van der Waals surface area (Å²) in [6, 6.07) is 18.0. The van der Waals surface area contributed by atoms with Crippen LogP contribution in [0.4, 0.5) is 0 Å². The number of aromatic nitrogens is 3. The van der Waals surface area contributed by atoms with E-state index in [-0.39, 0.29) is 11.9 Å². The first-order chi connectivity index (χ1) is 16.5. The van der Waals surface area contributed by atoms with Crippen LogP contribution in [0.3, 0.4) is 0 Å². The average molecular weight is 456 g/mol. The molecule has 1 aliphatic heterocycles. The summed E-state index contributed by atoms with van der Waals surface area (Å²) >= 11 is 0. The Hall–Kier alpha value is -3.71. The fourth-order valence-corrected chi connectivity index (χ4v) is 4.39. The van der Waals surface area contributed by atoms with Gasteiger partial charge in [0.15, 0.2) is 0 Å². The maximum Gasteiger partial charge on any atom is 0.254 e. The summed E-state index contributed by atoms with van der Waals surface area (Å²) in [6.45, 7) is 9.03. The lowest BCUT2D eigenvalue weighted by molar-refractivity contribution is 0.0551. The van der Waals surface area contributed by atoms with E-state index in [1.54, 1.807) is 0 Å². The van der Waals surface area contributed by atoms with Gasteiger partial charge in [0.05, 0.1) is 6.04 Å².